The van der Waals surface area contributed by atoms with Crippen molar-refractivity contribution in [2.45, 2.75) is 103 Å². The van der Waals surface area contributed by atoms with Crippen molar-refractivity contribution in [3.8, 4) is 0 Å². The Hall–Kier alpha value is -1.11. The number of halogens is 1. The Morgan fingerprint density at radius 2 is 1.43 bits per heavy atom. The summed E-state index contributed by atoms with van der Waals surface area (Å²) in [6.07, 6.45) is 21.2. The normalized spacial score (nSPS) is 28.6. The van der Waals surface area contributed by atoms with Crippen LogP contribution in [0.1, 0.15) is 107 Å². The fraction of sp³-hybridized carbons (Fsp3) is 0.704. The Morgan fingerprint density at radius 1 is 0.821 bits per heavy atom. The van der Waals surface area contributed by atoms with Gasteiger partial charge in [-0.15, -0.1) is 0 Å². The molecule has 0 saturated heterocycles. The van der Waals surface area contributed by atoms with Crippen LogP contribution in [0.2, 0.25) is 0 Å². The SMILES string of the molecule is CCCCCc1ccc(C2CCC(CCC3CCC(/C=C/F)CC3)CC2)cc1. The summed E-state index contributed by atoms with van der Waals surface area (Å²) in [5.41, 5.74) is 3.10. The molecular weight excluding hydrogens is 343 g/mol. The lowest BCUT2D eigenvalue weighted by Crippen LogP contribution is -2.17. The van der Waals surface area contributed by atoms with Crippen molar-refractivity contribution in [1.82, 2.24) is 0 Å². The van der Waals surface area contributed by atoms with Crippen LogP contribution in [0.3, 0.4) is 0 Å². The van der Waals surface area contributed by atoms with Crippen molar-refractivity contribution < 1.29 is 4.39 Å². The lowest BCUT2D eigenvalue weighted by atomic mass is 9.74. The standard InChI is InChI=1S/C27H41F/c1-2-3-4-5-22-12-16-26(17-13-22)27-18-14-24(15-19-27)7-6-23-8-10-25(11-9-23)20-21-28/h12-13,16-17,20-21,23-25,27H,2-11,14-15,18-19H2,1H3/b21-20+. The van der Waals surface area contributed by atoms with E-state index in [1.165, 1.54) is 95.5 Å². The van der Waals surface area contributed by atoms with E-state index >= 15 is 0 Å². The van der Waals surface area contributed by atoms with E-state index in [1.54, 1.807) is 11.6 Å². The van der Waals surface area contributed by atoms with Gasteiger partial charge in [-0.3, -0.25) is 0 Å². The van der Waals surface area contributed by atoms with Gasteiger partial charge < -0.3 is 0 Å². The molecule has 0 heterocycles. The summed E-state index contributed by atoms with van der Waals surface area (Å²) in [6.45, 7) is 2.27. The van der Waals surface area contributed by atoms with Crippen molar-refractivity contribution in [2.24, 2.45) is 17.8 Å². The van der Waals surface area contributed by atoms with Crippen LogP contribution in [0.4, 0.5) is 4.39 Å². The molecule has 0 N–H and O–H groups in total. The molecule has 3 rings (SSSR count). The van der Waals surface area contributed by atoms with Crippen LogP contribution < -0.4 is 0 Å². The topological polar surface area (TPSA) is 0 Å². The average molecular weight is 385 g/mol. The van der Waals surface area contributed by atoms with E-state index in [9.17, 15) is 4.39 Å². The van der Waals surface area contributed by atoms with E-state index in [1.807, 2.05) is 0 Å². The zero-order chi connectivity index (χ0) is 19.6. The van der Waals surface area contributed by atoms with E-state index in [-0.39, 0.29) is 0 Å². The molecule has 1 heteroatoms. The molecule has 2 saturated carbocycles. The molecule has 1 aromatic carbocycles. The second kappa shape index (κ2) is 11.8. The third-order valence-corrected chi connectivity index (χ3v) is 7.59. The summed E-state index contributed by atoms with van der Waals surface area (Å²) in [6, 6.07) is 9.59. The number of benzene rings is 1. The van der Waals surface area contributed by atoms with Crippen LogP contribution in [0.25, 0.3) is 0 Å². The average Bonchev–Trinajstić information content (AvgIpc) is 2.75. The largest absolute Gasteiger partial charge is 0.216 e. The first kappa shape index (κ1) is 21.6. The van der Waals surface area contributed by atoms with Crippen molar-refractivity contribution in [3.63, 3.8) is 0 Å². The van der Waals surface area contributed by atoms with Crippen LogP contribution in [0.15, 0.2) is 36.7 Å². The Bertz CT molecular complexity index is 556. The van der Waals surface area contributed by atoms with Crippen molar-refractivity contribution in [3.05, 3.63) is 47.8 Å². The highest BCUT2D eigenvalue weighted by Crippen LogP contribution is 2.40. The van der Waals surface area contributed by atoms with Gasteiger partial charge in [0.15, 0.2) is 0 Å². The maximum Gasteiger partial charge on any atom is 0.0829 e. The lowest BCUT2D eigenvalue weighted by Gasteiger charge is -2.31. The number of allylic oxidation sites excluding steroid dienone is 1. The minimum Gasteiger partial charge on any atom is -0.216 e. The second-order valence-electron chi connectivity index (χ2n) is 9.59. The minimum absolute atomic E-state index is 0.509. The van der Waals surface area contributed by atoms with E-state index in [2.05, 4.69) is 31.2 Å². The van der Waals surface area contributed by atoms with Crippen LogP contribution in [-0.4, -0.2) is 0 Å². The van der Waals surface area contributed by atoms with Gasteiger partial charge in [0.2, 0.25) is 0 Å². The number of unbranched alkanes of at least 4 members (excludes halogenated alkanes) is 2. The molecule has 0 radical (unpaired) electrons. The molecular formula is C27H41F. The lowest BCUT2D eigenvalue weighted by molar-refractivity contribution is 0.245. The van der Waals surface area contributed by atoms with Gasteiger partial charge in [-0.25, -0.2) is 4.39 Å². The Balaban J connectivity index is 1.34. The zero-order valence-corrected chi connectivity index (χ0v) is 18.1. The number of hydrogen-bond donors (Lipinski definition) is 0. The molecule has 156 valence electrons. The molecule has 0 atom stereocenters. The molecule has 0 spiro atoms. The first-order valence-corrected chi connectivity index (χ1v) is 12.1. The molecule has 2 fully saturated rings. The van der Waals surface area contributed by atoms with Gasteiger partial charge in [0.25, 0.3) is 0 Å². The summed E-state index contributed by atoms with van der Waals surface area (Å²) >= 11 is 0. The molecule has 2 aliphatic carbocycles. The van der Waals surface area contributed by atoms with Crippen LogP contribution in [-0.2, 0) is 6.42 Å². The van der Waals surface area contributed by atoms with Gasteiger partial charge in [0.05, 0.1) is 6.33 Å². The molecule has 0 amide bonds. The molecule has 0 aliphatic heterocycles. The molecule has 1 aromatic rings. The fourth-order valence-electron chi connectivity index (χ4n) is 5.56. The predicted molar refractivity (Wildman–Crippen MR) is 119 cm³/mol. The first-order valence-electron chi connectivity index (χ1n) is 12.1. The summed E-state index contributed by atoms with van der Waals surface area (Å²) in [4.78, 5) is 0. The molecule has 0 aromatic heterocycles. The summed E-state index contributed by atoms with van der Waals surface area (Å²) in [5, 5.41) is 0. The summed E-state index contributed by atoms with van der Waals surface area (Å²) < 4.78 is 12.3. The van der Waals surface area contributed by atoms with E-state index < -0.39 is 0 Å². The third kappa shape index (κ3) is 6.75. The quantitative estimate of drug-likeness (QED) is 0.373. The molecule has 0 bridgehead atoms. The highest BCUT2D eigenvalue weighted by Gasteiger charge is 2.24. The van der Waals surface area contributed by atoms with Crippen LogP contribution in [0, 0.1) is 17.8 Å². The molecule has 0 nitrogen and oxygen atoms in total. The number of hydrogen-bond acceptors (Lipinski definition) is 0. The van der Waals surface area contributed by atoms with Crippen molar-refractivity contribution >= 4 is 0 Å². The van der Waals surface area contributed by atoms with E-state index in [0.29, 0.717) is 5.92 Å². The monoisotopic (exact) mass is 384 g/mol. The van der Waals surface area contributed by atoms with Gasteiger partial charge in [-0.05, 0) is 99.0 Å². The first-order chi connectivity index (χ1) is 13.8. The second-order valence-corrected chi connectivity index (χ2v) is 9.59. The highest BCUT2D eigenvalue weighted by molar-refractivity contribution is 5.26. The van der Waals surface area contributed by atoms with Gasteiger partial charge in [-0.1, -0.05) is 62.9 Å². The highest BCUT2D eigenvalue weighted by atomic mass is 19.1. The summed E-state index contributed by atoms with van der Waals surface area (Å²) in [5.74, 6) is 3.16. The summed E-state index contributed by atoms with van der Waals surface area (Å²) in [7, 11) is 0. The van der Waals surface area contributed by atoms with Crippen molar-refractivity contribution in [2.75, 3.05) is 0 Å². The maximum absolute atomic E-state index is 12.3. The van der Waals surface area contributed by atoms with E-state index in [0.717, 1.165) is 24.1 Å². The predicted octanol–water partition coefficient (Wildman–Crippen LogP) is 8.76. The van der Waals surface area contributed by atoms with Gasteiger partial charge in [0, 0.05) is 0 Å². The molecule has 0 unspecified atom stereocenters. The van der Waals surface area contributed by atoms with Crippen LogP contribution >= 0.6 is 0 Å². The number of rotatable bonds is 9. The van der Waals surface area contributed by atoms with Crippen LogP contribution in [0.5, 0.6) is 0 Å². The third-order valence-electron chi connectivity index (χ3n) is 7.59. The van der Waals surface area contributed by atoms with Gasteiger partial charge in [0.1, 0.15) is 0 Å². The molecule has 2 aliphatic rings. The van der Waals surface area contributed by atoms with Gasteiger partial charge >= 0.3 is 0 Å². The zero-order valence-electron chi connectivity index (χ0n) is 18.1. The van der Waals surface area contributed by atoms with Gasteiger partial charge in [-0.2, -0.15) is 0 Å². The van der Waals surface area contributed by atoms with E-state index in [4.69, 9.17) is 0 Å². The molecule has 28 heavy (non-hydrogen) atoms. The Morgan fingerprint density at radius 3 is 2.00 bits per heavy atom. The minimum atomic E-state index is 0.509. The van der Waals surface area contributed by atoms with Crippen molar-refractivity contribution in [1.29, 1.82) is 0 Å². The maximum atomic E-state index is 12.3. The number of aryl methyl sites for hydroxylation is 1. The Labute approximate surface area is 173 Å². The Kier molecular flexibility index (Phi) is 9.09. The smallest absolute Gasteiger partial charge is 0.0829 e. The fourth-order valence-corrected chi connectivity index (χ4v) is 5.56.